The predicted molar refractivity (Wildman–Crippen MR) is 120 cm³/mol. The van der Waals surface area contributed by atoms with Gasteiger partial charge < -0.3 is 14.1 Å². The van der Waals surface area contributed by atoms with Gasteiger partial charge in [0, 0.05) is 40.4 Å². The average Bonchev–Trinajstić information content (AvgIpc) is 3.37. The van der Waals surface area contributed by atoms with Crippen LogP contribution in [0.4, 0.5) is 0 Å². The predicted octanol–water partition coefficient (Wildman–Crippen LogP) is 5.30. The fourth-order valence-electron chi connectivity index (χ4n) is 2.91. The highest BCUT2D eigenvalue weighted by Crippen LogP contribution is 2.24. The summed E-state index contributed by atoms with van der Waals surface area (Å²) in [6.07, 6.45) is 4.49. The van der Waals surface area contributed by atoms with Crippen LogP contribution in [0.15, 0.2) is 75.9 Å². The molecular weight excluding hydrogens is 450 g/mol. The molecule has 0 bridgehead atoms. The minimum absolute atomic E-state index is 0.0223. The molecule has 5 nitrogen and oxygen atoms in total. The largest absolute Gasteiger partial charge is 0.459 e. The molecule has 0 radical (unpaired) electrons. The second-order valence-electron chi connectivity index (χ2n) is 6.55. The van der Waals surface area contributed by atoms with Gasteiger partial charge >= 0.3 is 0 Å². The molecule has 0 saturated carbocycles. The topological polar surface area (TPSA) is 59.5 Å². The van der Waals surface area contributed by atoms with E-state index in [0.29, 0.717) is 13.0 Å². The Kier molecular flexibility index (Phi) is 6.36. The molecule has 3 aromatic heterocycles. The van der Waals surface area contributed by atoms with E-state index >= 15 is 0 Å². The molecule has 148 valence electrons. The number of imidazole rings is 1. The number of halogens is 1. The van der Waals surface area contributed by atoms with Crippen molar-refractivity contribution in [2.75, 3.05) is 5.75 Å². The van der Waals surface area contributed by atoms with Gasteiger partial charge in [-0.2, -0.15) is 11.8 Å². The maximum absolute atomic E-state index is 12.1. The fraction of sp³-hybridized carbons (Fsp3) is 0.182. The third kappa shape index (κ3) is 5.31. The number of benzene rings is 1. The number of hydrogen-bond acceptors (Lipinski definition) is 4. The molecule has 0 aliphatic rings. The van der Waals surface area contributed by atoms with Crippen molar-refractivity contribution in [3.05, 3.63) is 82.9 Å². The Hall–Kier alpha value is -2.51. The highest BCUT2D eigenvalue weighted by molar-refractivity contribution is 9.10. The number of carbonyl (C=O) groups excluding carboxylic acids is 1. The van der Waals surface area contributed by atoms with E-state index in [0.717, 1.165) is 44.4 Å². The molecule has 0 saturated heterocycles. The third-order valence-corrected chi connectivity index (χ3v) is 5.91. The van der Waals surface area contributed by atoms with Crippen LogP contribution < -0.4 is 5.32 Å². The van der Waals surface area contributed by atoms with Crippen molar-refractivity contribution in [1.29, 1.82) is 0 Å². The van der Waals surface area contributed by atoms with Crippen molar-refractivity contribution in [2.45, 2.75) is 18.7 Å². The number of nitrogens with zero attached hydrogens (tertiary/aromatic N) is 2. The second-order valence-corrected chi connectivity index (χ2v) is 8.57. The smallest absolute Gasteiger partial charge is 0.221 e. The maximum atomic E-state index is 12.1. The molecule has 0 unspecified atom stereocenters. The lowest BCUT2D eigenvalue weighted by atomic mass is 10.2. The summed E-state index contributed by atoms with van der Waals surface area (Å²) in [7, 11) is 0. The Bertz CT molecular complexity index is 1070. The summed E-state index contributed by atoms with van der Waals surface area (Å²) in [6.45, 7) is 0.395. The maximum Gasteiger partial charge on any atom is 0.221 e. The average molecular weight is 470 g/mol. The fourth-order valence-corrected chi connectivity index (χ4v) is 4.00. The second kappa shape index (κ2) is 9.33. The third-order valence-electron chi connectivity index (χ3n) is 4.39. The number of pyridine rings is 1. The Balaban J connectivity index is 1.19. The van der Waals surface area contributed by atoms with Crippen LogP contribution in [0.25, 0.3) is 17.0 Å². The minimum Gasteiger partial charge on any atom is -0.459 e. The quantitative estimate of drug-likeness (QED) is 0.355. The molecule has 0 aliphatic carbocycles. The van der Waals surface area contributed by atoms with Crippen molar-refractivity contribution in [3.63, 3.8) is 0 Å². The molecular formula is C22H20BrN3O2S. The lowest BCUT2D eigenvalue weighted by molar-refractivity contribution is -0.120. The molecule has 1 N–H and O–H groups in total. The highest BCUT2D eigenvalue weighted by atomic mass is 79.9. The Morgan fingerprint density at radius 1 is 1.14 bits per heavy atom. The first-order valence-corrected chi connectivity index (χ1v) is 11.2. The molecule has 4 aromatic rings. The van der Waals surface area contributed by atoms with Crippen LogP contribution >= 0.6 is 27.7 Å². The van der Waals surface area contributed by atoms with Gasteiger partial charge in [0.1, 0.15) is 17.2 Å². The zero-order chi connectivity index (χ0) is 20.1. The van der Waals surface area contributed by atoms with Gasteiger partial charge in [0.15, 0.2) is 0 Å². The highest BCUT2D eigenvalue weighted by Gasteiger charge is 2.07. The van der Waals surface area contributed by atoms with Crippen LogP contribution in [0, 0.1) is 0 Å². The molecule has 4 rings (SSSR count). The van der Waals surface area contributed by atoms with E-state index in [1.807, 2.05) is 71.4 Å². The van der Waals surface area contributed by atoms with Crippen molar-refractivity contribution in [3.8, 4) is 11.3 Å². The molecule has 0 aliphatic heterocycles. The van der Waals surface area contributed by atoms with E-state index in [2.05, 4.69) is 26.2 Å². The number of carbonyl (C=O) groups is 1. The molecule has 0 atom stereocenters. The van der Waals surface area contributed by atoms with Crippen molar-refractivity contribution < 1.29 is 9.21 Å². The molecule has 29 heavy (non-hydrogen) atoms. The van der Waals surface area contributed by atoms with Crippen LogP contribution in [-0.4, -0.2) is 21.0 Å². The number of furan rings is 1. The molecule has 0 fully saturated rings. The number of hydrogen-bond donors (Lipinski definition) is 1. The normalized spacial score (nSPS) is 11.1. The summed E-state index contributed by atoms with van der Waals surface area (Å²) in [5.74, 6) is 3.11. The number of thioether (sulfide) groups is 1. The van der Waals surface area contributed by atoms with Gasteiger partial charge in [0.05, 0.1) is 12.2 Å². The molecule has 0 spiro atoms. The zero-order valence-electron chi connectivity index (χ0n) is 15.7. The number of nitrogens with one attached hydrogen (secondary N) is 1. The van der Waals surface area contributed by atoms with E-state index in [1.54, 1.807) is 11.8 Å². The Morgan fingerprint density at radius 3 is 2.83 bits per heavy atom. The number of amides is 1. The first-order valence-electron chi connectivity index (χ1n) is 9.29. The van der Waals surface area contributed by atoms with E-state index in [9.17, 15) is 4.79 Å². The van der Waals surface area contributed by atoms with Gasteiger partial charge in [0.2, 0.25) is 5.91 Å². The van der Waals surface area contributed by atoms with Gasteiger partial charge in [-0.1, -0.05) is 34.1 Å². The first kappa shape index (κ1) is 19.8. The SMILES string of the molecule is O=C(CCSCc1cn2ccccc2n1)NCc1ccc(-c2ccc(Br)cc2)o1. The lowest BCUT2D eigenvalue weighted by Crippen LogP contribution is -2.22. The molecule has 1 amide bonds. The van der Waals surface area contributed by atoms with E-state index in [1.165, 1.54) is 0 Å². The zero-order valence-corrected chi connectivity index (χ0v) is 18.1. The standard InChI is InChI=1S/C22H20BrN3O2S/c23-17-6-4-16(5-7-17)20-9-8-19(28-20)13-24-22(27)10-12-29-15-18-14-26-11-2-1-3-21(26)25-18/h1-9,11,14H,10,12-13,15H2,(H,24,27). The van der Waals surface area contributed by atoms with Crippen LogP contribution in [0.3, 0.4) is 0 Å². The first-order chi connectivity index (χ1) is 14.2. The van der Waals surface area contributed by atoms with Gasteiger partial charge in [-0.15, -0.1) is 0 Å². The number of fused-ring (bicyclic) bond motifs is 1. The van der Waals surface area contributed by atoms with Crippen molar-refractivity contribution in [1.82, 2.24) is 14.7 Å². The molecule has 1 aromatic carbocycles. The van der Waals surface area contributed by atoms with E-state index < -0.39 is 0 Å². The minimum atomic E-state index is 0.0223. The van der Waals surface area contributed by atoms with Crippen LogP contribution in [0.1, 0.15) is 17.9 Å². The summed E-state index contributed by atoms with van der Waals surface area (Å²) < 4.78 is 8.86. The Labute approximate surface area is 181 Å². The summed E-state index contributed by atoms with van der Waals surface area (Å²) in [5.41, 5.74) is 2.98. The monoisotopic (exact) mass is 469 g/mol. The van der Waals surface area contributed by atoms with Crippen LogP contribution in [-0.2, 0) is 17.1 Å². The summed E-state index contributed by atoms with van der Waals surface area (Å²) in [6, 6.07) is 17.7. The van der Waals surface area contributed by atoms with E-state index in [-0.39, 0.29) is 5.91 Å². The van der Waals surface area contributed by atoms with Gasteiger partial charge in [-0.3, -0.25) is 4.79 Å². The van der Waals surface area contributed by atoms with E-state index in [4.69, 9.17) is 4.42 Å². The Morgan fingerprint density at radius 2 is 2.00 bits per heavy atom. The van der Waals surface area contributed by atoms with Gasteiger partial charge in [-0.05, 0) is 36.4 Å². The summed E-state index contributed by atoms with van der Waals surface area (Å²) >= 11 is 5.14. The summed E-state index contributed by atoms with van der Waals surface area (Å²) in [4.78, 5) is 16.7. The number of rotatable bonds is 8. The van der Waals surface area contributed by atoms with Gasteiger partial charge in [0.25, 0.3) is 0 Å². The molecule has 7 heteroatoms. The lowest BCUT2D eigenvalue weighted by Gasteiger charge is -2.03. The van der Waals surface area contributed by atoms with Crippen LogP contribution in [0.2, 0.25) is 0 Å². The van der Waals surface area contributed by atoms with Gasteiger partial charge in [-0.25, -0.2) is 4.98 Å². The molecule has 3 heterocycles. The van der Waals surface area contributed by atoms with Crippen molar-refractivity contribution in [2.24, 2.45) is 0 Å². The number of aromatic nitrogens is 2. The summed E-state index contributed by atoms with van der Waals surface area (Å²) in [5, 5.41) is 2.92. The van der Waals surface area contributed by atoms with Crippen LogP contribution in [0.5, 0.6) is 0 Å². The van der Waals surface area contributed by atoms with Crippen molar-refractivity contribution >= 4 is 39.2 Å².